The van der Waals surface area contributed by atoms with Crippen LogP contribution < -0.4 is 5.32 Å². The van der Waals surface area contributed by atoms with E-state index in [9.17, 15) is 9.90 Å². The normalized spacial score (nSPS) is 13.2. The Balaban J connectivity index is 2.34. The van der Waals surface area contributed by atoms with Crippen molar-refractivity contribution >= 4 is 5.97 Å². The number of carbonyl (C=O) groups is 1. The highest BCUT2D eigenvalue weighted by atomic mass is 16.4. The number of aliphatic carboxylic acids is 1. The molecular formula is C14H22N2O3. The molecule has 0 aliphatic heterocycles. The molecule has 1 heterocycles. The summed E-state index contributed by atoms with van der Waals surface area (Å²) in [6, 6.07) is 5.80. The molecule has 19 heavy (non-hydrogen) atoms. The van der Waals surface area contributed by atoms with Crippen LogP contribution >= 0.6 is 0 Å². The maximum absolute atomic E-state index is 10.4. The second-order valence-corrected chi connectivity index (χ2v) is 5.32. The number of aliphatic hydroxyl groups excluding tert-OH is 1. The van der Waals surface area contributed by atoms with E-state index in [4.69, 9.17) is 5.11 Å². The lowest BCUT2D eigenvalue weighted by Crippen LogP contribution is -2.37. The van der Waals surface area contributed by atoms with Crippen molar-refractivity contribution in [3.8, 4) is 0 Å². The van der Waals surface area contributed by atoms with Crippen molar-refractivity contribution in [2.45, 2.75) is 38.2 Å². The molecule has 0 saturated carbocycles. The molecule has 5 heteroatoms. The van der Waals surface area contributed by atoms with E-state index in [0.717, 1.165) is 5.69 Å². The van der Waals surface area contributed by atoms with Gasteiger partial charge in [-0.25, -0.2) is 0 Å². The van der Waals surface area contributed by atoms with Gasteiger partial charge in [-0.1, -0.05) is 19.9 Å². The van der Waals surface area contributed by atoms with Crippen LogP contribution in [0.15, 0.2) is 24.4 Å². The van der Waals surface area contributed by atoms with Crippen LogP contribution in [0, 0.1) is 0 Å². The van der Waals surface area contributed by atoms with Gasteiger partial charge in [-0.15, -0.1) is 0 Å². The summed E-state index contributed by atoms with van der Waals surface area (Å²) in [6.07, 6.45) is 1.40. The van der Waals surface area contributed by atoms with Gasteiger partial charge in [0.1, 0.15) is 0 Å². The Morgan fingerprint density at radius 2 is 2.21 bits per heavy atom. The van der Waals surface area contributed by atoms with Crippen molar-refractivity contribution in [3.05, 3.63) is 30.1 Å². The lowest BCUT2D eigenvalue weighted by atomic mass is 9.88. The van der Waals surface area contributed by atoms with Crippen LogP contribution in [0.25, 0.3) is 0 Å². The van der Waals surface area contributed by atoms with Crippen molar-refractivity contribution in [2.24, 2.45) is 0 Å². The Labute approximate surface area is 113 Å². The Hall–Kier alpha value is -1.46. The van der Waals surface area contributed by atoms with Gasteiger partial charge in [0.15, 0.2) is 0 Å². The zero-order chi connectivity index (χ0) is 14.3. The van der Waals surface area contributed by atoms with E-state index in [2.05, 4.69) is 24.1 Å². The predicted octanol–water partition coefficient (Wildman–Crippen LogP) is 1.17. The highest BCUT2D eigenvalue weighted by Crippen LogP contribution is 2.19. The molecule has 0 aliphatic carbocycles. The third-order valence-electron chi connectivity index (χ3n) is 3.00. The molecule has 1 rings (SSSR count). The monoisotopic (exact) mass is 266 g/mol. The van der Waals surface area contributed by atoms with Gasteiger partial charge < -0.3 is 15.5 Å². The molecule has 1 aromatic rings. The number of carboxylic acids is 1. The number of aliphatic hydroxyl groups is 1. The molecule has 106 valence electrons. The first-order valence-corrected chi connectivity index (χ1v) is 6.44. The number of aromatic nitrogens is 1. The second-order valence-electron chi connectivity index (χ2n) is 5.32. The molecule has 0 spiro atoms. The number of nitrogens with one attached hydrogen (secondary N) is 1. The summed E-state index contributed by atoms with van der Waals surface area (Å²) in [5, 5.41) is 21.3. The summed E-state index contributed by atoms with van der Waals surface area (Å²) in [6.45, 7) is 5.22. The van der Waals surface area contributed by atoms with Crippen LogP contribution in [-0.4, -0.2) is 40.4 Å². The van der Waals surface area contributed by atoms with Crippen LogP contribution in [0.5, 0.6) is 0 Å². The molecule has 0 saturated heterocycles. The minimum Gasteiger partial charge on any atom is -0.481 e. The molecule has 0 radical (unpaired) electrons. The summed E-state index contributed by atoms with van der Waals surface area (Å²) in [4.78, 5) is 14.7. The second kappa shape index (κ2) is 7.21. The minimum atomic E-state index is -0.882. The number of carboxylic acid groups (broad SMARTS) is 1. The number of hydrogen-bond acceptors (Lipinski definition) is 4. The summed E-state index contributed by atoms with van der Waals surface area (Å²) >= 11 is 0. The first kappa shape index (κ1) is 15.6. The van der Waals surface area contributed by atoms with Crippen molar-refractivity contribution in [3.63, 3.8) is 0 Å². The summed E-state index contributed by atoms with van der Waals surface area (Å²) in [5.74, 6) is -0.882. The topological polar surface area (TPSA) is 82.5 Å². The van der Waals surface area contributed by atoms with Gasteiger partial charge in [0.25, 0.3) is 0 Å². The maximum Gasteiger partial charge on any atom is 0.303 e. The Morgan fingerprint density at radius 1 is 1.47 bits per heavy atom. The van der Waals surface area contributed by atoms with E-state index < -0.39 is 12.1 Å². The minimum absolute atomic E-state index is 0.00746. The first-order chi connectivity index (χ1) is 8.92. The lowest BCUT2D eigenvalue weighted by Gasteiger charge is -2.25. The Kier molecular flexibility index (Phi) is 5.92. The van der Waals surface area contributed by atoms with Crippen LogP contribution in [0.2, 0.25) is 0 Å². The van der Waals surface area contributed by atoms with Gasteiger partial charge in [0.2, 0.25) is 0 Å². The van der Waals surface area contributed by atoms with Crippen molar-refractivity contribution < 1.29 is 15.0 Å². The average molecular weight is 266 g/mol. The molecule has 0 aromatic carbocycles. The van der Waals surface area contributed by atoms with Crippen molar-refractivity contribution in [2.75, 3.05) is 13.1 Å². The van der Waals surface area contributed by atoms with Gasteiger partial charge in [-0.05, 0) is 18.6 Å². The lowest BCUT2D eigenvalue weighted by molar-refractivity contribution is -0.137. The predicted molar refractivity (Wildman–Crippen MR) is 73.0 cm³/mol. The molecule has 1 aromatic heterocycles. The smallest absolute Gasteiger partial charge is 0.303 e. The van der Waals surface area contributed by atoms with Crippen LogP contribution in [0.1, 0.15) is 32.4 Å². The van der Waals surface area contributed by atoms with Gasteiger partial charge in [-0.3, -0.25) is 9.78 Å². The third-order valence-corrected chi connectivity index (χ3v) is 3.00. The number of hydrogen-bond donors (Lipinski definition) is 3. The highest BCUT2D eigenvalue weighted by Gasteiger charge is 2.21. The SMILES string of the molecule is CC(C)(CNCC(O)CCC(=O)O)c1ccccn1. The maximum atomic E-state index is 10.4. The summed E-state index contributed by atoms with van der Waals surface area (Å²) in [7, 11) is 0. The van der Waals surface area contributed by atoms with Gasteiger partial charge in [0, 0.05) is 36.8 Å². The molecule has 0 fully saturated rings. The number of rotatable bonds is 8. The van der Waals surface area contributed by atoms with E-state index in [-0.39, 0.29) is 18.3 Å². The fourth-order valence-corrected chi connectivity index (χ4v) is 1.80. The van der Waals surface area contributed by atoms with Gasteiger partial charge in [0.05, 0.1) is 6.10 Å². The number of pyridine rings is 1. The van der Waals surface area contributed by atoms with Crippen LogP contribution in [0.4, 0.5) is 0 Å². The molecule has 3 N–H and O–H groups in total. The van der Waals surface area contributed by atoms with Crippen LogP contribution in [0.3, 0.4) is 0 Å². The summed E-state index contributed by atoms with van der Waals surface area (Å²) in [5.41, 5.74) is 0.857. The van der Waals surface area contributed by atoms with E-state index in [1.165, 1.54) is 0 Å². The average Bonchev–Trinajstić information content (AvgIpc) is 2.37. The van der Waals surface area contributed by atoms with E-state index >= 15 is 0 Å². The zero-order valence-corrected chi connectivity index (χ0v) is 11.5. The van der Waals surface area contributed by atoms with Gasteiger partial charge >= 0.3 is 5.97 Å². The third kappa shape index (κ3) is 5.81. The van der Waals surface area contributed by atoms with E-state index in [1.54, 1.807) is 6.20 Å². The molecule has 0 aliphatic rings. The standard InChI is InChI=1S/C14H22N2O3/c1-14(2,12-5-3-4-8-16-12)10-15-9-11(17)6-7-13(18)19/h3-5,8,11,15,17H,6-7,9-10H2,1-2H3,(H,18,19). The van der Waals surface area contributed by atoms with E-state index in [0.29, 0.717) is 13.1 Å². The molecule has 1 atom stereocenters. The van der Waals surface area contributed by atoms with Crippen LogP contribution in [-0.2, 0) is 10.2 Å². The molecule has 1 unspecified atom stereocenters. The van der Waals surface area contributed by atoms with Crippen molar-refractivity contribution in [1.82, 2.24) is 10.3 Å². The molecular weight excluding hydrogens is 244 g/mol. The molecule has 5 nitrogen and oxygen atoms in total. The van der Waals surface area contributed by atoms with E-state index in [1.807, 2.05) is 18.2 Å². The zero-order valence-electron chi connectivity index (χ0n) is 11.5. The highest BCUT2D eigenvalue weighted by molar-refractivity contribution is 5.66. The Bertz CT molecular complexity index is 393. The van der Waals surface area contributed by atoms with Crippen molar-refractivity contribution in [1.29, 1.82) is 0 Å². The molecule has 0 amide bonds. The fourth-order valence-electron chi connectivity index (χ4n) is 1.80. The quantitative estimate of drug-likeness (QED) is 0.658. The largest absolute Gasteiger partial charge is 0.481 e. The number of nitrogens with zero attached hydrogens (tertiary/aromatic N) is 1. The summed E-state index contributed by atoms with van der Waals surface area (Å²) < 4.78 is 0. The first-order valence-electron chi connectivity index (χ1n) is 6.44. The molecule has 0 bridgehead atoms. The van der Waals surface area contributed by atoms with Gasteiger partial charge in [-0.2, -0.15) is 0 Å². The fraction of sp³-hybridized carbons (Fsp3) is 0.571. The Morgan fingerprint density at radius 3 is 2.79 bits per heavy atom.